The number of thiocarbonyl (C=S) groups is 1. The summed E-state index contributed by atoms with van der Waals surface area (Å²) in [6.45, 7) is -0.814. The van der Waals surface area contributed by atoms with Gasteiger partial charge >= 0.3 is 5.97 Å². The van der Waals surface area contributed by atoms with E-state index in [0.717, 1.165) is 16.7 Å². The molecule has 0 aliphatic carbocycles. The van der Waals surface area contributed by atoms with Gasteiger partial charge in [-0.15, -0.1) is 0 Å². The standard InChI is InChI=1S/C20H15FN2O5S2/c21-13-5-7-14(8-6-13)22-17(24)11-28-15-4-2-1-3-12(15)9-16-19(27)23(10-18(25)26)20(29)30-16/h1-9H,10-11H2,(H,22,24)(H,25,26). The highest BCUT2D eigenvalue weighted by Crippen LogP contribution is 2.34. The minimum Gasteiger partial charge on any atom is -0.483 e. The number of anilines is 1. The van der Waals surface area contributed by atoms with Crippen LogP contribution in [0, 0.1) is 5.82 Å². The SMILES string of the molecule is O=C(O)CN1C(=O)C(=Cc2ccccc2OCC(=O)Nc2ccc(F)cc2)SC1=S. The van der Waals surface area contributed by atoms with Gasteiger partial charge in [0.25, 0.3) is 11.8 Å². The summed E-state index contributed by atoms with van der Waals surface area (Å²) in [4.78, 5) is 36.7. The smallest absolute Gasteiger partial charge is 0.323 e. The molecule has 10 heteroatoms. The summed E-state index contributed by atoms with van der Waals surface area (Å²) in [7, 11) is 0. The lowest BCUT2D eigenvalue weighted by Gasteiger charge is -2.11. The molecule has 0 saturated carbocycles. The van der Waals surface area contributed by atoms with E-state index in [4.69, 9.17) is 22.1 Å². The molecule has 0 spiro atoms. The van der Waals surface area contributed by atoms with Crippen molar-refractivity contribution in [3.8, 4) is 5.75 Å². The van der Waals surface area contributed by atoms with Gasteiger partial charge in [-0.3, -0.25) is 19.3 Å². The van der Waals surface area contributed by atoms with E-state index in [2.05, 4.69) is 5.32 Å². The maximum Gasteiger partial charge on any atom is 0.323 e. The van der Waals surface area contributed by atoms with Crippen molar-refractivity contribution in [2.45, 2.75) is 0 Å². The zero-order valence-corrected chi connectivity index (χ0v) is 17.0. The Kier molecular flexibility index (Phi) is 6.80. The third-order valence-corrected chi connectivity index (χ3v) is 5.24. The number of rotatable bonds is 7. The number of nitrogens with zero attached hydrogens (tertiary/aromatic N) is 1. The first kappa shape index (κ1) is 21.5. The van der Waals surface area contributed by atoms with Crippen molar-refractivity contribution in [1.29, 1.82) is 0 Å². The van der Waals surface area contributed by atoms with E-state index in [-0.39, 0.29) is 15.8 Å². The summed E-state index contributed by atoms with van der Waals surface area (Å²) < 4.78 is 18.7. The van der Waals surface area contributed by atoms with E-state index in [1.54, 1.807) is 24.3 Å². The lowest BCUT2D eigenvalue weighted by Crippen LogP contribution is -2.33. The highest BCUT2D eigenvalue weighted by atomic mass is 32.2. The number of carbonyl (C=O) groups excluding carboxylic acids is 2. The predicted molar refractivity (Wildman–Crippen MR) is 114 cm³/mol. The van der Waals surface area contributed by atoms with Gasteiger partial charge in [-0.1, -0.05) is 42.2 Å². The van der Waals surface area contributed by atoms with Crippen molar-refractivity contribution in [3.05, 3.63) is 64.8 Å². The normalized spacial score (nSPS) is 14.8. The second kappa shape index (κ2) is 9.51. The van der Waals surface area contributed by atoms with E-state index in [0.29, 0.717) is 17.0 Å². The van der Waals surface area contributed by atoms with Crippen molar-refractivity contribution in [1.82, 2.24) is 4.90 Å². The van der Waals surface area contributed by atoms with Gasteiger partial charge in [0, 0.05) is 11.3 Å². The quantitative estimate of drug-likeness (QED) is 0.498. The molecule has 2 N–H and O–H groups in total. The molecule has 0 aromatic heterocycles. The second-order valence-corrected chi connectivity index (χ2v) is 7.72. The number of aliphatic carboxylic acids is 1. The van der Waals surface area contributed by atoms with Crippen LogP contribution in [0.2, 0.25) is 0 Å². The first-order chi connectivity index (χ1) is 14.3. The molecular formula is C20H15FN2O5S2. The summed E-state index contributed by atoms with van der Waals surface area (Å²) in [5.74, 6) is -2.16. The molecule has 0 atom stereocenters. The zero-order valence-electron chi connectivity index (χ0n) is 15.3. The molecule has 2 aromatic carbocycles. The largest absolute Gasteiger partial charge is 0.483 e. The van der Waals surface area contributed by atoms with Crippen LogP contribution in [-0.4, -0.2) is 45.3 Å². The number of benzene rings is 2. The monoisotopic (exact) mass is 446 g/mol. The average molecular weight is 446 g/mol. The van der Waals surface area contributed by atoms with Crippen LogP contribution in [0.25, 0.3) is 6.08 Å². The number of halogens is 1. The number of hydrogen-bond donors (Lipinski definition) is 2. The third-order valence-electron chi connectivity index (χ3n) is 3.86. The summed E-state index contributed by atoms with van der Waals surface area (Å²) in [5, 5.41) is 11.5. The Morgan fingerprint density at radius 2 is 1.90 bits per heavy atom. The molecule has 30 heavy (non-hydrogen) atoms. The number of carboxylic acid groups (broad SMARTS) is 1. The van der Waals surface area contributed by atoms with E-state index < -0.39 is 30.1 Å². The number of carbonyl (C=O) groups is 3. The Balaban J connectivity index is 1.69. The number of para-hydroxylation sites is 1. The third kappa shape index (κ3) is 5.43. The number of thioether (sulfide) groups is 1. The Morgan fingerprint density at radius 3 is 2.60 bits per heavy atom. The molecule has 3 rings (SSSR count). The van der Waals surface area contributed by atoms with Crippen LogP contribution in [0.3, 0.4) is 0 Å². The van der Waals surface area contributed by atoms with E-state index in [1.165, 1.54) is 30.3 Å². The summed E-state index contributed by atoms with van der Waals surface area (Å²) in [6, 6.07) is 12.1. The van der Waals surface area contributed by atoms with Crippen molar-refractivity contribution in [2.24, 2.45) is 0 Å². The van der Waals surface area contributed by atoms with Gasteiger partial charge in [-0.2, -0.15) is 0 Å². The summed E-state index contributed by atoms with van der Waals surface area (Å²) in [5.41, 5.74) is 0.961. The fourth-order valence-electron chi connectivity index (χ4n) is 2.52. The number of ether oxygens (including phenoxy) is 1. The molecule has 7 nitrogen and oxygen atoms in total. The van der Waals surface area contributed by atoms with Gasteiger partial charge in [0.05, 0.1) is 4.91 Å². The van der Waals surface area contributed by atoms with Crippen LogP contribution in [0.5, 0.6) is 5.75 Å². The van der Waals surface area contributed by atoms with Crippen molar-refractivity contribution < 1.29 is 28.6 Å². The molecule has 154 valence electrons. The number of amides is 2. The molecule has 2 amide bonds. The second-order valence-electron chi connectivity index (χ2n) is 6.04. The molecule has 1 fully saturated rings. The van der Waals surface area contributed by atoms with Crippen LogP contribution in [0.4, 0.5) is 10.1 Å². The molecule has 2 aromatic rings. The maximum atomic E-state index is 12.9. The van der Waals surface area contributed by atoms with Crippen LogP contribution in [0.1, 0.15) is 5.56 Å². The Hall–Kier alpha value is -3.24. The van der Waals surface area contributed by atoms with Crippen molar-refractivity contribution >= 4 is 57.8 Å². The van der Waals surface area contributed by atoms with Crippen LogP contribution >= 0.6 is 24.0 Å². The minimum atomic E-state index is -1.16. The predicted octanol–water partition coefficient (Wildman–Crippen LogP) is 3.13. The highest BCUT2D eigenvalue weighted by molar-refractivity contribution is 8.26. The molecule has 0 unspecified atom stereocenters. The molecule has 1 heterocycles. The van der Waals surface area contributed by atoms with Crippen molar-refractivity contribution in [3.63, 3.8) is 0 Å². The molecule has 0 bridgehead atoms. The summed E-state index contributed by atoms with van der Waals surface area (Å²) >= 11 is 6.07. The lowest BCUT2D eigenvalue weighted by atomic mass is 10.2. The number of carboxylic acids is 1. The zero-order chi connectivity index (χ0) is 21.7. The van der Waals surface area contributed by atoms with Crippen LogP contribution in [0.15, 0.2) is 53.4 Å². The average Bonchev–Trinajstić information content (AvgIpc) is 2.96. The van der Waals surface area contributed by atoms with Gasteiger partial charge in [-0.05, 0) is 36.4 Å². The molecule has 1 aliphatic rings. The molecule has 1 aliphatic heterocycles. The topological polar surface area (TPSA) is 95.9 Å². The van der Waals surface area contributed by atoms with Crippen LogP contribution < -0.4 is 10.1 Å². The van der Waals surface area contributed by atoms with Gasteiger partial charge < -0.3 is 15.2 Å². The van der Waals surface area contributed by atoms with Crippen LogP contribution in [-0.2, 0) is 14.4 Å². The van der Waals surface area contributed by atoms with E-state index in [1.807, 2.05) is 0 Å². The Bertz CT molecular complexity index is 1040. The molecule has 1 saturated heterocycles. The minimum absolute atomic E-state index is 0.158. The Labute approximate surface area is 180 Å². The fraction of sp³-hybridized carbons (Fsp3) is 0.100. The molecular weight excluding hydrogens is 431 g/mol. The first-order valence-corrected chi connectivity index (χ1v) is 9.80. The first-order valence-electron chi connectivity index (χ1n) is 8.58. The summed E-state index contributed by atoms with van der Waals surface area (Å²) in [6.07, 6.45) is 1.54. The lowest BCUT2D eigenvalue weighted by molar-refractivity contribution is -0.140. The maximum absolute atomic E-state index is 12.9. The number of nitrogens with one attached hydrogen (secondary N) is 1. The Morgan fingerprint density at radius 1 is 1.20 bits per heavy atom. The fourth-order valence-corrected chi connectivity index (χ4v) is 3.76. The van der Waals surface area contributed by atoms with Gasteiger partial charge in [-0.25, -0.2) is 4.39 Å². The van der Waals surface area contributed by atoms with Gasteiger partial charge in [0.15, 0.2) is 6.61 Å². The van der Waals surface area contributed by atoms with E-state index >= 15 is 0 Å². The van der Waals surface area contributed by atoms with Gasteiger partial charge in [0.2, 0.25) is 0 Å². The highest BCUT2D eigenvalue weighted by Gasteiger charge is 2.33. The van der Waals surface area contributed by atoms with Gasteiger partial charge in [0.1, 0.15) is 22.4 Å². The number of hydrogen-bond acceptors (Lipinski definition) is 6. The van der Waals surface area contributed by atoms with Crippen molar-refractivity contribution in [2.75, 3.05) is 18.5 Å². The van der Waals surface area contributed by atoms with E-state index in [9.17, 15) is 18.8 Å². The molecule has 0 radical (unpaired) electrons.